The van der Waals surface area contributed by atoms with E-state index < -0.39 is 0 Å². The molecule has 1 N–H and O–H groups in total. The van der Waals surface area contributed by atoms with Crippen molar-refractivity contribution in [2.45, 2.75) is 38.1 Å². The lowest BCUT2D eigenvalue weighted by molar-refractivity contribution is -0.134. The highest BCUT2D eigenvalue weighted by atomic mass is 16.5. The Bertz CT molecular complexity index is 673. The molecule has 0 bridgehead atoms. The molecule has 4 rings (SSSR count). The number of Topliss-reactive ketones (excluding diaryl/α,β-unsaturated/α-hetero) is 1. The van der Waals surface area contributed by atoms with Crippen molar-refractivity contribution in [1.82, 2.24) is 15.1 Å². The van der Waals surface area contributed by atoms with Gasteiger partial charge in [0.2, 0.25) is 5.91 Å². The number of hydrogen-bond donors (Lipinski definition) is 1. The first-order valence-electron chi connectivity index (χ1n) is 10.7. The Morgan fingerprint density at radius 1 is 1.04 bits per heavy atom. The summed E-state index contributed by atoms with van der Waals surface area (Å²) in [6.07, 6.45) is 5.12. The monoisotopic (exact) mass is 385 g/mol. The van der Waals surface area contributed by atoms with Gasteiger partial charge in [-0.15, -0.1) is 0 Å². The highest BCUT2D eigenvalue weighted by Gasteiger charge is 2.30. The lowest BCUT2D eigenvalue weighted by atomic mass is 10.1. The van der Waals surface area contributed by atoms with Crippen LogP contribution in [0, 0.1) is 5.92 Å². The first-order valence-corrected chi connectivity index (χ1v) is 10.7. The quantitative estimate of drug-likeness (QED) is 0.547. The van der Waals surface area contributed by atoms with Gasteiger partial charge in [-0.05, 0) is 62.9 Å². The number of hydrogen-bond acceptors (Lipinski definition) is 5. The average molecular weight is 386 g/mol. The predicted octanol–water partition coefficient (Wildman–Crippen LogP) is 1.94. The number of benzene rings is 1. The van der Waals surface area contributed by atoms with Crippen LogP contribution in [0.4, 0.5) is 0 Å². The lowest BCUT2D eigenvalue weighted by Crippen LogP contribution is -2.53. The molecule has 1 aliphatic carbocycles. The van der Waals surface area contributed by atoms with Crippen LogP contribution in [-0.2, 0) is 4.79 Å². The summed E-state index contributed by atoms with van der Waals surface area (Å²) in [6.45, 7) is 6.16. The second-order valence-corrected chi connectivity index (χ2v) is 8.18. The van der Waals surface area contributed by atoms with Gasteiger partial charge >= 0.3 is 0 Å². The van der Waals surface area contributed by atoms with Crippen molar-refractivity contribution < 1.29 is 14.3 Å². The van der Waals surface area contributed by atoms with Crippen molar-refractivity contribution in [3.05, 3.63) is 29.8 Å². The molecule has 3 fully saturated rings. The molecule has 0 unspecified atom stereocenters. The van der Waals surface area contributed by atoms with Crippen LogP contribution in [0.5, 0.6) is 5.75 Å². The van der Waals surface area contributed by atoms with Crippen molar-refractivity contribution in [3.63, 3.8) is 0 Å². The summed E-state index contributed by atoms with van der Waals surface area (Å²) >= 11 is 0. The molecule has 3 aliphatic rings. The highest BCUT2D eigenvalue weighted by Crippen LogP contribution is 2.32. The van der Waals surface area contributed by atoms with E-state index in [-0.39, 0.29) is 23.7 Å². The van der Waals surface area contributed by atoms with Crippen molar-refractivity contribution in [2.24, 2.45) is 5.92 Å². The van der Waals surface area contributed by atoms with E-state index in [1.54, 1.807) is 0 Å². The summed E-state index contributed by atoms with van der Waals surface area (Å²) in [5, 5.41) is 3.30. The van der Waals surface area contributed by atoms with Crippen LogP contribution in [-0.4, -0.2) is 73.4 Å². The summed E-state index contributed by atoms with van der Waals surface area (Å²) in [6, 6.07) is 7.61. The fourth-order valence-corrected chi connectivity index (χ4v) is 4.08. The third-order valence-corrected chi connectivity index (χ3v) is 6.02. The molecule has 2 aliphatic heterocycles. The van der Waals surface area contributed by atoms with E-state index in [1.807, 2.05) is 29.2 Å². The number of rotatable bonds is 8. The standard InChI is InChI=1S/C22H31N3O3/c26-21(17-4-5-17)18-6-8-19(9-7-18)28-16-2-11-24-12-14-25(15-13-24)22(27)20-3-1-10-23-20/h6-9,17,20,23H,1-5,10-16H2/t20-/m1/s1. The van der Waals surface area contributed by atoms with Gasteiger partial charge in [0, 0.05) is 44.2 Å². The highest BCUT2D eigenvalue weighted by molar-refractivity contribution is 5.99. The van der Waals surface area contributed by atoms with Crippen LogP contribution < -0.4 is 10.1 Å². The smallest absolute Gasteiger partial charge is 0.239 e. The van der Waals surface area contributed by atoms with Crippen molar-refractivity contribution in [2.75, 3.05) is 45.9 Å². The maximum absolute atomic E-state index is 12.4. The lowest BCUT2D eigenvalue weighted by Gasteiger charge is -2.35. The number of ether oxygens (including phenoxy) is 1. The number of nitrogens with one attached hydrogen (secondary N) is 1. The van der Waals surface area contributed by atoms with E-state index in [1.165, 1.54) is 0 Å². The van der Waals surface area contributed by atoms with Gasteiger partial charge in [-0.1, -0.05) is 0 Å². The second-order valence-electron chi connectivity index (χ2n) is 8.18. The Kier molecular flexibility index (Phi) is 6.27. The van der Waals surface area contributed by atoms with Gasteiger partial charge in [0.25, 0.3) is 0 Å². The van der Waals surface area contributed by atoms with Crippen LogP contribution >= 0.6 is 0 Å². The Hall–Kier alpha value is -1.92. The van der Waals surface area contributed by atoms with E-state index in [0.717, 1.165) is 82.7 Å². The normalized spacial score (nSPS) is 23.0. The zero-order valence-corrected chi connectivity index (χ0v) is 16.6. The molecule has 0 aromatic heterocycles. The van der Waals surface area contributed by atoms with Crippen LogP contribution in [0.2, 0.25) is 0 Å². The van der Waals surface area contributed by atoms with Gasteiger partial charge < -0.3 is 15.0 Å². The molecule has 0 spiro atoms. The van der Waals surface area contributed by atoms with Crippen LogP contribution in [0.15, 0.2) is 24.3 Å². The summed E-state index contributed by atoms with van der Waals surface area (Å²) in [7, 11) is 0. The molecule has 6 heteroatoms. The molecule has 0 radical (unpaired) electrons. The summed E-state index contributed by atoms with van der Waals surface area (Å²) in [5.41, 5.74) is 0.801. The number of ketones is 1. The van der Waals surface area contributed by atoms with Gasteiger partial charge in [0.15, 0.2) is 5.78 Å². The molecule has 1 aromatic carbocycles. The zero-order chi connectivity index (χ0) is 19.3. The van der Waals surface area contributed by atoms with E-state index in [0.29, 0.717) is 6.61 Å². The average Bonchev–Trinajstić information content (AvgIpc) is 3.45. The summed E-state index contributed by atoms with van der Waals surface area (Å²) < 4.78 is 5.82. The molecule has 1 atom stereocenters. The molecule has 1 saturated carbocycles. The minimum absolute atomic E-state index is 0.0471. The van der Waals surface area contributed by atoms with Crippen LogP contribution in [0.3, 0.4) is 0 Å². The van der Waals surface area contributed by atoms with Crippen molar-refractivity contribution in [3.8, 4) is 5.75 Å². The first-order chi connectivity index (χ1) is 13.7. The Morgan fingerprint density at radius 3 is 2.43 bits per heavy atom. The molecule has 1 aromatic rings. The topological polar surface area (TPSA) is 61.9 Å². The molecule has 28 heavy (non-hydrogen) atoms. The molecule has 1 amide bonds. The molecule has 2 heterocycles. The van der Waals surface area contributed by atoms with Crippen molar-refractivity contribution >= 4 is 11.7 Å². The van der Waals surface area contributed by atoms with Crippen LogP contribution in [0.25, 0.3) is 0 Å². The molecule has 2 saturated heterocycles. The van der Waals surface area contributed by atoms with Crippen LogP contribution in [0.1, 0.15) is 42.5 Å². The number of carbonyl (C=O) groups excluding carboxylic acids is 2. The first kappa shape index (κ1) is 19.4. The summed E-state index contributed by atoms with van der Waals surface area (Å²) in [4.78, 5) is 28.9. The third kappa shape index (κ3) is 4.92. The largest absolute Gasteiger partial charge is 0.494 e. The minimum atomic E-state index is 0.0471. The molecule has 6 nitrogen and oxygen atoms in total. The second kappa shape index (κ2) is 9.05. The fraction of sp³-hybridized carbons (Fsp3) is 0.636. The SMILES string of the molecule is O=C(c1ccc(OCCCN2CCN(C(=O)[C@H]3CCCN3)CC2)cc1)C1CC1. The minimum Gasteiger partial charge on any atom is -0.494 e. The molecular weight excluding hydrogens is 354 g/mol. The Balaban J connectivity index is 1.11. The number of piperazine rings is 1. The fourth-order valence-electron chi connectivity index (χ4n) is 4.08. The van der Waals surface area contributed by atoms with E-state index >= 15 is 0 Å². The summed E-state index contributed by atoms with van der Waals surface area (Å²) in [5.74, 6) is 1.64. The van der Waals surface area contributed by atoms with Gasteiger partial charge in [0.1, 0.15) is 5.75 Å². The zero-order valence-electron chi connectivity index (χ0n) is 16.6. The van der Waals surface area contributed by atoms with Crippen molar-refractivity contribution in [1.29, 1.82) is 0 Å². The number of nitrogens with zero attached hydrogens (tertiary/aromatic N) is 2. The van der Waals surface area contributed by atoms with Gasteiger partial charge in [-0.3, -0.25) is 14.5 Å². The Morgan fingerprint density at radius 2 is 1.79 bits per heavy atom. The van der Waals surface area contributed by atoms with Gasteiger partial charge in [-0.25, -0.2) is 0 Å². The predicted molar refractivity (Wildman–Crippen MR) is 108 cm³/mol. The number of carbonyl (C=O) groups is 2. The molecular formula is C22H31N3O3. The molecule has 152 valence electrons. The maximum Gasteiger partial charge on any atom is 0.239 e. The van der Waals surface area contributed by atoms with E-state index in [4.69, 9.17) is 4.74 Å². The van der Waals surface area contributed by atoms with E-state index in [2.05, 4.69) is 10.2 Å². The van der Waals surface area contributed by atoms with Gasteiger partial charge in [-0.2, -0.15) is 0 Å². The van der Waals surface area contributed by atoms with E-state index in [9.17, 15) is 9.59 Å². The Labute approximate surface area is 167 Å². The third-order valence-electron chi connectivity index (χ3n) is 6.02. The number of amides is 1. The van der Waals surface area contributed by atoms with Gasteiger partial charge in [0.05, 0.1) is 12.6 Å². The maximum atomic E-state index is 12.4.